The van der Waals surface area contributed by atoms with Crippen LogP contribution in [0.4, 0.5) is 26.2 Å². The number of hydrogen-bond donors (Lipinski definition) is 2. The van der Waals surface area contributed by atoms with Crippen molar-refractivity contribution >= 4 is 46.2 Å². The zero-order chi connectivity index (χ0) is 27.7. The summed E-state index contributed by atoms with van der Waals surface area (Å²) >= 11 is 5.85. The van der Waals surface area contributed by atoms with E-state index < -0.39 is 17.8 Å². The molecule has 9 heteroatoms. The fourth-order valence-electron chi connectivity index (χ4n) is 4.75. The second-order valence-electron chi connectivity index (χ2n) is 9.90. The van der Waals surface area contributed by atoms with E-state index in [1.54, 1.807) is 7.11 Å². The van der Waals surface area contributed by atoms with Crippen LogP contribution in [0.15, 0.2) is 42.5 Å². The van der Waals surface area contributed by atoms with Gasteiger partial charge in [0.2, 0.25) is 0 Å². The molecular formula is C29H37ClFN3O4. The van der Waals surface area contributed by atoms with Gasteiger partial charge in [-0.15, -0.1) is 0 Å². The van der Waals surface area contributed by atoms with Gasteiger partial charge in [0.15, 0.2) is 0 Å². The summed E-state index contributed by atoms with van der Waals surface area (Å²) in [6, 6.07) is 9.52. The van der Waals surface area contributed by atoms with Gasteiger partial charge in [-0.25, -0.2) is 14.0 Å². The number of hydrogen-bond acceptors (Lipinski definition) is 5. The third-order valence-electron chi connectivity index (χ3n) is 6.47. The molecule has 0 bridgehead atoms. The maximum atomic E-state index is 14.4. The molecule has 0 saturated heterocycles. The van der Waals surface area contributed by atoms with Gasteiger partial charge in [-0.3, -0.25) is 0 Å². The van der Waals surface area contributed by atoms with Crippen LogP contribution < -0.4 is 15.5 Å². The highest BCUT2D eigenvalue weighted by atomic mass is 35.5. The van der Waals surface area contributed by atoms with Gasteiger partial charge in [0.1, 0.15) is 5.82 Å². The Morgan fingerprint density at radius 1 is 1.08 bits per heavy atom. The summed E-state index contributed by atoms with van der Waals surface area (Å²) in [7, 11) is 2.85. The summed E-state index contributed by atoms with van der Waals surface area (Å²) in [5.74, 6) is -0.742. The maximum Gasteiger partial charge on any atom is 0.330 e. The molecule has 0 aliphatic heterocycles. The van der Waals surface area contributed by atoms with Crippen LogP contribution in [0.3, 0.4) is 0 Å². The Bertz CT molecular complexity index is 1150. The van der Waals surface area contributed by atoms with Crippen molar-refractivity contribution in [3.63, 3.8) is 0 Å². The Balaban J connectivity index is 2.03. The van der Waals surface area contributed by atoms with Gasteiger partial charge < -0.3 is 25.0 Å². The molecule has 2 aromatic carbocycles. The van der Waals surface area contributed by atoms with Crippen molar-refractivity contribution in [3.05, 3.63) is 58.9 Å². The van der Waals surface area contributed by atoms with Crippen molar-refractivity contribution in [2.24, 2.45) is 5.92 Å². The number of halogens is 2. The number of amides is 2. The van der Waals surface area contributed by atoms with Crippen LogP contribution in [0.1, 0.15) is 51.5 Å². The average molecular weight is 546 g/mol. The molecule has 0 atom stereocenters. The van der Waals surface area contributed by atoms with Gasteiger partial charge in [-0.2, -0.15) is 0 Å². The monoisotopic (exact) mass is 545 g/mol. The zero-order valence-electron chi connectivity index (χ0n) is 22.5. The minimum atomic E-state index is -0.631. The SMILES string of the molecule is COC/C(=C/C(=O)OC)c1ccc(N(CC(C)C)C2CCCCC2)c(NC(=O)Nc2ccc(Cl)cc2F)c1. The highest BCUT2D eigenvalue weighted by Gasteiger charge is 2.25. The van der Waals surface area contributed by atoms with E-state index >= 15 is 0 Å². The molecule has 2 N–H and O–H groups in total. The van der Waals surface area contributed by atoms with E-state index in [1.165, 1.54) is 31.7 Å². The van der Waals surface area contributed by atoms with E-state index in [0.29, 0.717) is 28.8 Å². The smallest absolute Gasteiger partial charge is 0.330 e. The zero-order valence-corrected chi connectivity index (χ0v) is 23.2. The number of methoxy groups -OCH3 is 2. The first-order valence-corrected chi connectivity index (χ1v) is 13.3. The molecule has 2 aromatic rings. The highest BCUT2D eigenvalue weighted by molar-refractivity contribution is 6.30. The van der Waals surface area contributed by atoms with Gasteiger partial charge in [0.25, 0.3) is 0 Å². The van der Waals surface area contributed by atoms with Crippen LogP contribution in [-0.4, -0.2) is 45.4 Å². The lowest BCUT2D eigenvalue weighted by Gasteiger charge is -2.38. The largest absolute Gasteiger partial charge is 0.466 e. The molecule has 2 amide bonds. The molecule has 0 radical (unpaired) electrons. The maximum absolute atomic E-state index is 14.4. The fraction of sp³-hybridized carbons (Fsp3) is 0.448. The Labute approximate surface area is 229 Å². The molecule has 0 unspecified atom stereocenters. The first kappa shape index (κ1) is 29.5. The normalized spacial score (nSPS) is 14.3. The van der Waals surface area contributed by atoms with E-state index in [4.69, 9.17) is 21.1 Å². The van der Waals surface area contributed by atoms with Crippen molar-refractivity contribution in [2.75, 3.05) is 42.9 Å². The molecule has 1 saturated carbocycles. The summed E-state index contributed by atoms with van der Waals surface area (Å²) in [6.45, 7) is 5.33. The number of rotatable bonds is 10. The van der Waals surface area contributed by atoms with Crippen LogP contribution in [0.25, 0.3) is 5.57 Å². The summed E-state index contributed by atoms with van der Waals surface area (Å²) < 4.78 is 24.5. The summed E-state index contributed by atoms with van der Waals surface area (Å²) in [5, 5.41) is 5.73. The minimum Gasteiger partial charge on any atom is -0.466 e. The Morgan fingerprint density at radius 3 is 2.42 bits per heavy atom. The van der Waals surface area contributed by atoms with Crippen molar-refractivity contribution in [1.82, 2.24) is 0 Å². The predicted molar refractivity (Wildman–Crippen MR) is 151 cm³/mol. The average Bonchev–Trinajstić information content (AvgIpc) is 2.89. The Hall–Kier alpha value is -3.10. The number of anilines is 3. The number of benzene rings is 2. The summed E-state index contributed by atoms with van der Waals surface area (Å²) in [5.41, 5.74) is 2.73. The van der Waals surface area contributed by atoms with E-state index in [2.05, 4.69) is 29.4 Å². The predicted octanol–water partition coefficient (Wildman–Crippen LogP) is 7.12. The molecule has 3 rings (SSSR count). The van der Waals surface area contributed by atoms with Crippen LogP contribution in [0.5, 0.6) is 0 Å². The third kappa shape index (κ3) is 8.20. The standard InChI is InChI=1S/C29H37ClFN3O4/c1-19(2)17-34(23-8-6-5-7-9-23)27-13-10-20(21(18-37-3)15-28(35)38-4)14-26(27)33-29(36)32-25-12-11-22(30)16-24(25)31/h10-16,19,23H,5-9,17-18H2,1-4H3,(H2,32,33,36)/b21-15-. The van der Waals surface area contributed by atoms with Gasteiger partial charge >= 0.3 is 12.0 Å². The fourth-order valence-corrected chi connectivity index (χ4v) is 4.91. The number of esters is 1. The van der Waals surface area contributed by atoms with Gasteiger partial charge in [0, 0.05) is 30.8 Å². The number of nitrogens with zero attached hydrogens (tertiary/aromatic N) is 1. The lowest BCUT2D eigenvalue weighted by molar-refractivity contribution is -0.134. The molecule has 7 nitrogen and oxygen atoms in total. The molecule has 1 aliphatic carbocycles. The van der Waals surface area contributed by atoms with E-state index in [1.807, 2.05) is 18.2 Å². The second-order valence-corrected chi connectivity index (χ2v) is 10.3. The molecule has 0 aromatic heterocycles. The highest BCUT2D eigenvalue weighted by Crippen LogP contribution is 2.35. The minimum absolute atomic E-state index is 0.0154. The van der Waals surface area contributed by atoms with Crippen LogP contribution >= 0.6 is 11.6 Å². The lowest BCUT2D eigenvalue weighted by Crippen LogP contribution is -2.40. The molecule has 206 valence electrons. The number of nitrogens with one attached hydrogen (secondary N) is 2. The lowest BCUT2D eigenvalue weighted by atomic mass is 9.92. The van der Waals surface area contributed by atoms with Gasteiger partial charge in [-0.1, -0.05) is 50.8 Å². The molecular weight excluding hydrogens is 509 g/mol. The first-order valence-electron chi connectivity index (χ1n) is 12.9. The van der Waals surface area contributed by atoms with E-state index in [0.717, 1.165) is 44.0 Å². The summed E-state index contributed by atoms with van der Waals surface area (Å²) in [4.78, 5) is 27.4. The van der Waals surface area contributed by atoms with E-state index in [9.17, 15) is 14.0 Å². The molecule has 0 heterocycles. The molecule has 1 fully saturated rings. The van der Waals surface area contributed by atoms with Crippen molar-refractivity contribution in [1.29, 1.82) is 0 Å². The third-order valence-corrected chi connectivity index (χ3v) is 6.71. The Morgan fingerprint density at radius 2 is 1.79 bits per heavy atom. The van der Waals surface area contributed by atoms with Crippen molar-refractivity contribution < 1.29 is 23.5 Å². The molecule has 38 heavy (non-hydrogen) atoms. The van der Waals surface area contributed by atoms with Crippen LogP contribution in [0.2, 0.25) is 5.02 Å². The first-order chi connectivity index (χ1) is 18.2. The van der Waals surface area contributed by atoms with Gasteiger partial charge in [0.05, 0.1) is 30.8 Å². The molecule has 0 spiro atoms. The van der Waals surface area contributed by atoms with Crippen molar-refractivity contribution in [2.45, 2.75) is 52.0 Å². The number of urea groups is 1. The number of ether oxygens (including phenoxy) is 2. The van der Waals surface area contributed by atoms with Crippen molar-refractivity contribution in [3.8, 4) is 0 Å². The number of carbonyl (C=O) groups is 2. The topological polar surface area (TPSA) is 79.9 Å². The number of carbonyl (C=O) groups excluding carboxylic acids is 2. The quantitative estimate of drug-likeness (QED) is 0.245. The molecule has 1 aliphatic rings. The summed E-state index contributed by atoms with van der Waals surface area (Å²) in [6.07, 6.45) is 7.08. The van der Waals surface area contributed by atoms with Gasteiger partial charge in [-0.05, 0) is 60.2 Å². The Kier molecular flexibility index (Phi) is 11.0. The van der Waals surface area contributed by atoms with E-state index in [-0.39, 0.29) is 17.3 Å². The van der Waals surface area contributed by atoms with Crippen LogP contribution in [-0.2, 0) is 14.3 Å². The second kappa shape index (κ2) is 14.2. The van der Waals surface area contributed by atoms with Crippen LogP contribution in [0, 0.1) is 11.7 Å².